The number of nitrogens with one attached hydrogen (secondary N) is 1. The summed E-state index contributed by atoms with van der Waals surface area (Å²) in [5, 5.41) is 3.59. The third kappa shape index (κ3) is 3.16. The Labute approximate surface area is 119 Å². The fourth-order valence-corrected chi connectivity index (χ4v) is 5.06. The van der Waals surface area contributed by atoms with Gasteiger partial charge in [0.1, 0.15) is 0 Å². The Kier molecular flexibility index (Phi) is 4.81. The molecular weight excluding hydrogens is 232 g/mol. The average molecular weight is 264 g/mol. The first-order chi connectivity index (χ1) is 9.38. The molecule has 0 bridgehead atoms. The van der Waals surface area contributed by atoms with Crippen LogP contribution in [-0.4, -0.2) is 37.1 Å². The van der Waals surface area contributed by atoms with Gasteiger partial charge in [-0.05, 0) is 64.0 Å². The van der Waals surface area contributed by atoms with E-state index in [1.807, 2.05) is 0 Å². The van der Waals surface area contributed by atoms with E-state index in [1.54, 1.807) is 0 Å². The predicted octanol–water partition coefficient (Wildman–Crippen LogP) is 3.42. The molecular formula is C17H32N2. The van der Waals surface area contributed by atoms with Gasteiger partial charge in [-0.3, -0.25) is 4.90 Å². The molecule has 0 aromatic carbocycles. The van der Waals surface area contributed by atoms with Crippen LogP contribution in [-0.2, 0) is 0 Å². The molecule has 4 atom stereocenters. The van der Waals surface area contributed by atoms with Crippen molar-refractivity contribution in [2.75, 3.05) is 20.1 Å². The molecule has 1 N–H and O–H groups in total. The molecule has 2 aliphatic carbocycles. The third-order valence-electron chi connectivity index (χ3n) is 6.11. The molecule has 1 aliphatic heterocycles. The summed E-state index contributed by atoms with van der Waals surface area (Å²) in [6.45, 7) is 2.76. The van der Waals surface area contributed by atoms with Gasteiger partial charge in [-0.1, -0.05) is 25.7 Å². The fraction of sp³-hybridized carbons (Fsp3) is 1.00. The number of hydrogen-bond acceptors (Lipinski definition) is 2. The molecule has 19 heavy (non-hydrogen) atoms. The van der Waals surface area contributed by atoms with Crippen molar-refractivity contribution in [1.29, 1.82) is 0 Å². The van der Waals surface area contributed by atoms with E-state index in [0.29, 0.717) is 0 Å². The topological polar surface area (TPSA) is 15.3 Å². The molecule has 2 nitrogen and oxygen atoms in total. The first kappa shape index (κ1) is 13.9. The summed E-state index contributed by atoms with van der Waals surface area (Å²) in [6, 6.07) is 1.74. The van der Waals surface area contributed by atoms with E-state index in [4.69, 9.17) is 0 Å². The Bertz CT molecular complexity index is 276. The minimum atomic E-state index is 0.790. The van der Waals surface area contributed by atoms with Crippen LogP contribution in [0.5, 0.6) is 0 Å². The first-order valence-corrected chi connectivity index (χ1v) is 8.80. The van der Waals surface area contributed by atoms with Crippen molar-refractivity contribution in [2.24, 2.45) is 11.8 Å². The van der Waals surface area contributed by atoms with Crippen molar-refractivity contribution in [2.45, 2.75) is 76.3 Å². The molecule has 0 aromatic rings. The van der Waals surface area contributed by atoms with E-state index in [9.17, 15) is 0 Å². The van der Waals surface area contributed by atoms with Gasteiger partial charge < -0.3 is 5.32 Å². The zero-order valence-corrected chi connectivity index (χ0v) is 12.7. The summed E-state index contributed by atoms with van der Waals surface area (Å²) in [6.07, 6.45) is 14.7. The highest BCUT2D eigenvalue weighted by atomic mass is 15.2. The third-order valence-corrected chi connectivity index (χ3v) is 6.11. The summed E-state index contributed by atoms with van der Waals surface area (Å²) in [5.41, 5.74) is 0. The lowest BCUT2D eigenvalue weighted by molar-refractivity contribution is 0.0374. The van der Waals surface area contributed by atoms with Crippen LogP contribution in [0.15, 0.2) is 0 Å². The van der Waals surface area contributed by atoms with Gasteiger partial charge in [0, 0.05) is 18.6 Å². The highest BCUT2D eigenvalue weighted by Crippen LogP contribution is 2.36. The summed E-state index contributed by atoms with van der Waals surface area (Å²) in [7, 11) is 2.17. The molecule has 110 valence electrons. The SMILES string of the molecule is CNC1CCCCC1CN1CCCC2CCCCC21. The Morgan fingerprint density at radius 1 is 0.895 bits per heavy atom. The average Bonchev–Trinajstić information content (AvgIpc) is 2.48. The summed E-state index contributed by atoms with van der Waals surface area (Å²) < 4.78 is 0. The molecule has 3 rings (SSSR count). The fourth-order valence-electron chi connectivity index (χ4n) is 5.06. The summed E-state index contributed by atoms with van der Waals surface area (Å²) in [5.74, 6) is 1.96. The Hall–Kier alpha value is -0.0800. The van der Waals surface area contributed by atoms with Crippen LogP contribution in [0, 0.1) is 11.8 Å². The number of rotatable bonds is 3. The van der Waals surface area contributed by atoms with Gasteiger partial charge in [0.2, 0.25) is 0 Å². The summed E-state index contributed by atoms with van der Waals surface area (Å²) in [4.78, 5) is 2.90. The largest absolute Gasteiger partial charge is 0.317 e. The van der Waals surface area contributed by atoms with Gasteiger partial charge in [0.05, 0.1) is 0 Å². The summed E-state index contributed by atoms with van der Waals surface area (Å²) >= 11 is 0. The molecule has 0 spiro atoms. The van der Waals surface area contributed by atoms with E-state index in [2.05, 4.69) is 17.3 Å². The molecule has 1 saturated heterocycles. The lowest BCUT2D eigenvalue weighted by atomic mass is 9.77. The van der Waals surface area contributed by atoms with E-state index < -0.39 is 0 Å². The molecule has 2 saturated carbocycles. The molecule has 3 aliphatic rings. The van der Waals surface area contributed by atoms with Crippen molar-refractivity contribution in [3.05, 3.63) is 0 Å². The maximum absolute atomic E-state index is 3.59. The van der Waals surface area contributed by atoms with Crippen molar-refractivity contribution >= 4 is 0 Å². The Balaban J connectivity index is 1.60. The van der Waals surface area contributed by atoms with E-state index in [1.165, 1.54) is 77.3 Å². The zero-order chi connectivity index (χ0) is 13.1. The number of hydrogen-bond donors (Lipinski definition) is 1. The van der Waals surface area contributed by atoms with Crippen LogP contribution >= 0.6 is 0 Å². The molecule has 0 amide bonds. The second kappa shape index (κ2) is 6.58. The normalized spacial score (nSPS) is 40.9. The number of likely N-dealkylation sites (tertiary alicyclic amines) is 1. The quantitative estimate of drug-likeness (QED) is 0.840. The molecule has 1 heterocycles. The molecule has 0 radical (unpaired) electrons. The van der Waals surface area contributed by atoms with Crippen molar-refractivity contribution in [1.82, 2.24) is 10.2 Å². The maximum atomic E-state index is 3.59. The minimum absolute atomic E-state index is 0.790. The van der Waals surface area contributed by atoms with Crippen LogP contribution in [0.25, 0.3) is 0 Å². The Morgan fingerprint density at radius 3 is 2.53 bits per heavy atom. The highest BCUT2D eigenvalue weighted by Gasteiger charge is 2.35. The van der Waals surface area contributed by atoms with Crippen LogP contribution in [0.4, 0.5) is 0 Å². The number of piperidine rings is 1. The lowest BCUT2D eigenvalue weighted by Gasteiger charge is -2.46. The second-order valence-electron chi connectivity index (χ2n) is 7.19. The smallest absolute Gasteiger partial charge is 0.0124 e. The number of fused-ring (bicyclic) bond motifs is 1. The first-order valence-electron chi connectivity index (χ1n) is 8.80. The van der Waals surface area contributed by atoms with E-state index in [-0.39, 0.29) is 0 Å². The van der Waals surface area contributed by atoms with Gasteiger partial charge in [-0.25, -0.2) is 0 Å². The van der Waals surface area contributed by atoms with Crippen LogP contribution in [0.3, 0.4) is 0 Å². The van der Waals surface area contributed by atoms with Crippen LogP contribution in [0.2, 0.25) is 0 Å². The minimum Gasteiger partial charge on any atom is -0.317 e. The van der Waals surface area contributed by atoms with Gasteiger partial charge in [-0.2, -0.15) is 0 Å². The lowest BCUT2D eigenvalue weighted by Crippen LogP contribution is -2.51. The van der Waals surface area contributed by atoms with E-state index >= 15 is 0 Å². The van der Waals surface area contributed by atoms with Gasteiger partial charge in [-0.15, -0.1) is 0 Å². The van der Waals surface area contributed by atoms with Crippen molar-refractivity contribution < 1.29 is 0 Å². The highest BCUT2D eigenvalue weighted by molar-refractivity contribution is 4.90. The van der Waals surface area contributed by atoms with Crippen LogP contribution in [0.1, 0.15) is 64.2 Å². The second-order valence-corrected chi connectivity index (χ2v) is 7.19. The molecule has 2 heteroatoms. The van der Waals surface area contributed by atoms with Gasteiger partial charge in [0.25, 0.3) is 0 Å². The standard InChI is InChI=1S/C17H32N2/c1-18-16-10-4-2-8-15(16)13-19-12-6-9-14-7-3-5-11-17(14)19/h14-18H,2-13H2,1H3. The molecule has 4 unspecified atom stereocenters. The monoisotopic (exact) mass is 264 g/mol. The van der Waals surface area contributed by atoms with Crippen molar-refractivity contribution in [3.63, 3.8) is 0 Å². The van der Waals surface area contributed by atoms with Crippen molar-refractivity contribution in [3.8, 4) is 0 Å². The number of nitrogens with zero attached hydrogens (tertiary/aromatic N) is 1. The predicted molar refractivity (Wildman–Crippen MR) is 81.4 cm³/mol. The van der Waals surface area contributed by atoms with Gasteiger partial charge in [0.15, 0.2) is 0 Å². The van der Waals surface area contributed by atoms with E-state index in [0.717, 1.165) is 23.9 Å². The van der Waals surface area contributed by atoms with Gasteiger partial charge >= 0.3 is 0 Å². The molecule has 3 fully saturated rings. The Morgan fingerprint density at radius 2 is 1.63 bits per heavy atom. The maximum Gasteiger partial charge on any atom is 0.0124 e. The zero-order valence-electron chi connectivity index (χ0n) is 12.7. The molecule has 0 aromatic heterocycles. The van der Waals surface area contributed by atoms with Crippen LogP contribution < -0.4 is 5.32 Å².